The van der Waals surface area contributed by atoms with Gasteiger partial charge in [-0.2, -0.15) is 0 Å². The first kappa shape index (κ1) is 14.3. The van der Waals surface area contributed by atoms with Crippen molar-refractivity contribution in [3.8, 4) is 23.7 Å². The number of amides is 2. The van der Waals surface area contributed by atoms with Gasteiger partial charge in [-0.25, -0.2) is 9.59 Å². The standard InChI is InChI=1S/C15H13N3O3/c1-3-8-17-15(20)18(2)12-6-7-13(21-14(12)19)11-5-4-9-16-10-11/h1,4-7,9-10H,8H2,2H3,(H,17,20). The lowest BCUT2D eigenvalue weighted by Crippen LogP contribution is -2.39. The minimum Gasteiger partial charge on any atom is -0.421 e. The van der Waals surface area contributed by atoms with Crippen molar-refractivity contribution < 1.29 is 9.21 Å². The highest BCUT2D eigenvalue weighted by atomic mass is 16.4. The Morgan fingerprint density at radius 2 is 2.29 bits per heavy atom. The molecule has 0 unspecified atom stereocenters. The molecule has 0 aromatic carbocycles. The van der Waals surface area contributed by atoms with E-state index in [1.807, 2.05) is 0 Å². The van der Waals surface area contributed by atoms with Crippen LogP contribution in [0.4, 0.5) is 10.5 Å². The van der Waals surface area contributed by atoms with Crippen LogP contribution in [0, 0.1) is 12.3 Å². The molecule has 0 saturated heterocycles. The normalized spacial score (nSPS) is 9.71. The van der Waals surface area contributed by atoms with Crippen molar-refractivity contribution in [1.82, 2.24) is 10.3 Å². The van der Waals surface area contributed by atoms with Crippen LogP contribution in [0.25, 0.3) is 11.3 Å². The number of carbonyl (C=O) groups excluding carboxylic acids is 1. The maximum Gasteiger partial charge on any atom is 0.360 e. The summed E-state index contributed by atoms with van der Waals surface area (Å²) in [6.07, 6.45) is 8.27. The zero-order chi connectivity index (χ0) is 15.2. The minimum atomic E-state index is -0.616. The van der Waals surface area contributed by atoms with Gasteiger partial charge in [-0.1, -0.05) is 5.92 Å². The highest BCUT2D eigenvalue weighted by Crippen LogP contribution is 2.18. The molecule has 0 saturated carbocycles. The van der Waals surface area contributed by atoms with Crippen LogP contribution in [0.1, 0.15) is 0 Å². The van der Waals surface area contributed by atoms with E-state index >= 15 is 0 Å². The summed E-state index contributed by atoms with van der Waals surface area (Å²) in [4.78, 5) is 28.8. The molecule has 21 heavy (non-hydrogen) atoms. The summed E-state index contributed by atoms with van der Waals surface area (Å²) in [6.45, 7) is 0.0856. The van der Waals surface area contributed by atoms with Gasteiger partial charge in [0, 0.05) is 25.0 Å². The Morgan fingerprint density at radius 1 is 1.48 bits per heavy atom. The Labute approximate surface area is 121 Å². The fourth-order valence-corrected chi connectivity index (χ4v) is 1.68. The number of hydrogen-bond acceptors (Lipinski definition) is 4. The molecule has 2 rings (SSSR count). The van der Waals surface area contributed by atoms with Gasteiger partial charge in [-0.15, -0.1) is 6.42 Å². The molecular formula is C15H13N3O3. The largest absolute Gasteiger partial charge is 0.421 e. The van der Waals surface area contributed by atoms with Crippen LogP contribution < -0.4 is 15.8 Å². The summed E-state index contributed by atoms with van der Waals surface area (Å²) in [7, 11) is 1.46. The van der Waals surface area contributed by atoms with Crippen LogP contribution in [0.15, 0.2) is 45.9 Å². The molecule has 0 aliphatic heterocycles. The summed E-state index contributed by atoms with van der Waals surface area (Å²) >= 11 is 0. The number of hydrogen-bond donors (Lipinski definition) is 1. The van der Waals surface area contributed by atoms with E-state index in [1.54, 1.807) is 30.6 Å². The molecule has 0 atom stereocenters. The van der Waals surface area contributed by atoms with Gasteiger partial charge < -0.3 is 9.73 Å². The predicted molar refractivity (Wildman–Crippen MR) is 78.8 cm³/mol. The average molecular weight is 283 g/mol. The second-order valence-electron chi connectivity index (χ2n) is 4.14. The number of carbonyl (C=O) groups is 1. The SMILES string of the molecule is C#CCNC(=O)N(C)c1ccc(-c2cccnc2)oc1=O. The Hall–Kier alpha value is -3.07. The number of pyridine rings is 1. The van der Waals surface area contributed by atoms with Gasteiger partial charge in [-0.3, -0.25) is 9.88 Å². The number of terminal acetylenes is 1. The topological polar surface area (TPSA) is 75.4 Å². The van der Waals surface area contributed by atoms with E-state index in [0.29, 0.717) is 11.3 Å². The third-order valence-electron chi connectivity index (χ3n) is 2.76. The van der Waals surface area contributed by atoms with Crippen LogP contribution in [-0.2, 0) is 0 Å². The fraction of sp³-hybridized carbons (Fsp3) is 0.133. The van der Waals surface area contributed by atoms with E-state index in [0.717, 1.165) is 4.90 Å². The van der Waals surface area contributed by atoms with Gasteiger partial charge in [0.2, 0.25) is 0 Å². The van der Waals surface area contributed by atoms with Crippen LogP contribution in [0.3, 0.4) is 0 Å². The van der Waals surface area contributed by atoms with Gasteiger partial charge >= 0.3 is 11.7 Å². The van der Waals surface area contributed by atoms with Gasteiger partial charge in [0.15, 0.2) is 0 Å². The van der Waals surface area contributed by atoms with Crippen LogP contribution in [0.5, 0.6) is 0 Å². The Kier molecular flexibility index (Phi) is 4.36. The monoisotopic (exact) mass is 283 g/mol. The zero-order valence-electron chi connectivity index (χ0n) is 11.4. The van der Waals surface area contributed by atoms with Crippen molar-refractivity contribution in [3.63, 3.8) is 0 Å². The molecular weight excluding hydrogens is 270 g/mol. The molecule has 6 nitrogen and oxygen atoms in total. The molecule has 0 aliphatic carbocycles. The first-order valence-electron chi connectivity index (χ1n) is 6.13. The lowest BCUT2D eigenvalue weighted by Gasteiger charge is -2.15. The molecule has 2 aromatic rings. The summed E-state index contributed by atoms with van der Waals surface area (Å²) in [6, 6.07) is 6.16. The predicted octanol–water partition coefficient (Wildman–Crippen LogP) is 1.48. The maximum atomic E-state index is 12.0. The van der Waals surface area contributed by atoms with E-state index in [2.05, 4.69) is 16.2 Å². The molecule has 6 heteroatoms. The molecule has 1 N–H and O–H groups in total. The number of anilines is 1. The molecule has 0 bridgehead atoms. The Balaban J connectivity index is 2.26. The summed E-state index contributed by atoms with van der Waals surface area (Å²) in [5.41, 5.74) is 0.187. The van der Waals surface area contributed by atoms with E-state index < -0.39 is 11.7 Å². The second-order valence-corrected chi connectivity index (χ2v) is 4.14. The summed E-state index contributed by atoms with van der Waals surface area (Å²) in [5.74, 6) is 2.67. The lowest BCUT2D eigenvalue weighted by molar-refractivity contribution is 0.248. The van der Waals surface area contributed by atoms with E-state index in [1.165, 1.54) is 13.1 Å². The van der Waals surface area contributed by atoms with Crippen molar-refractivity contribution in [2.24, 2.45) is 0 Å². The molecule has 2 aromatic heterocycles. The highest BCUT2D eigenvalue weighted by molar-refractivity contribution is 5.91. The molecule has 106 valence electrons. The average Bonchev–Trinajstić information content (AvgIpc) is 2.52. The smallest absolute Gasteiger partial charge is 0.360 e. The van der Waals surface area contributed by atoms with Crippen molar-refractivity contribution in [3.05, 3.63) is 47.1 Å². The first-order valence-corrected chi connectivity index (χ1v) is 6.13. The molecule has 2 amide bonds. The zero-order valence-corrected chi connectivity index (χ0v) is 11.4. The first-order chi connectivity index (χ1) is 10.1. The Morgan fingerprint density at radius 3 is 2.90 bits per heavy atom. The second kappa shape index (κ2) is 6.39. The minimum absolute atomic E-state index is 0.0856. The summed E-state index contributed by atoms with van der Waals surface area (Å²) in [5, 5.41) is 2.46. The van der Waals surface area contributed by atoms with Crippen LogP contribution in [0.2, 0.25) is 0 Å². The third kappa shape index (κ3) is 3.28. The highest BCUT2D eigenvalue weighted by Gasteiger charge is 2.15. The fourth-order valence-electron chi connectivity index (χ4n) is 1.68. The van der Waals surface area contributed by atoms with E-state index in [-0.39, 0.29) is 12.2 Å². The molecule has 0 radical (unpaired) electrons. The molecule has 0 fully saturated rings. The van der Waals surface area contributed by atoms with Gasteiger partial charge in [-0.05, 0) is 24.3 Å². The quantitative estimate of drug-likeness (QED) is 0.866. The van der Waals surface area contributed by atoms with Gasteiger partial charge in [0.05, 0.1) is 6.54 Å². The van der Waals surface area contributed by atoms with Crippen molar-refractivity contribution in [2.45, 2.75) is 0 Å². The van der Waals surface area contributed by atoms with Crippen molar-refractivity contribution >= 4 is 11.7 Å². The number of nitrogens with zero attached hydrogens (tertiary/aromatic N) is 2. The molecule has 2 heterocycles. The molecule has 0 spiro atoms. The van der Waals surface area contributed by atoms with Crippen molar-refractivity contribution in [1.29, 1.82) is 0 Å². The van der Waals surface area contributed by atoms with Gasteiger partial charge in [0.1, 0.15) is 11.4 Å². The van der Waals surface area contributed by atoms with E-state index in [4.69, 9.17) is 10.8 Å². The maximum absolute atomic E-state index is 12.0. The third-order valence-corrected chi connectivity index (χ3v) is 2.76. The Bertz CT molecular complexity index is 732. The lowest BCUT2D eigenvalue weighted by atomic mass is 10.2. The van der Waals surface area contributed by atoms with E-state index in [9.17, 15) is 9.59 Å². The van der Waals surface area contributed by atoms with Crippen LogP contribution >= 0.6 is 0 Å². The van der Waals surface area contributed by atoms with Gasteiger partial charge in [0.25, 0.3) is 0 Å². The number of urea groups is 1. The van der Waals surface area contributed by atoms with Crippen LogP contribution in [-0.4, -0.2) is 24.6 Å². The van der Waals surface area contributed by atoms with Crippen molar-refractivity contribution in [2.75, 3.05) is 18.5 Å². The summed E-state index contributed by atoms with van der Waals surface area (Å²) < 4.78 is 5.21. The number of aromatic nitrogens is 1. The molecule has 0 aliphatic rings. The number of rotatable bonds is 3. The number of nitrogens with one attached hydrogen (secondary N) is 1.